The molecule has 9 heteroatoms. The summed E-state index contributed by atoms with van der Waals surface area (Å²) in [4.78, 5) is 4.16. The maximum absolute atomic E-state index is 13.8. The van der Waals surface area contributed by atoms with Gasteiger partial charge in [-0.15, -0.1) is 0 Å². The summed E-state index contributed by atoms with van der Waals surface area (Å²) in [5, 5.41) is 20.6. The Labute approximate surface area is 213 Å². The van der Waals surface area contributed by atoms with E-state index in [2.05, 4.69) is 4.90 Å². The molecule has 1 saturated heterocycles. The molecule has 1 aliphatic heterocycles. The van der Waals surface area contributed by atoms with Gasteiger partial charge in [-0.25, -0.2) is 13.2 Å². The summed E-state index contributed by atoms with van der Waals surface area (Å²) in [5.41, 5.74) is 0.496. The Balaban J connectivity index is 1.59. The van der Waals surface area contributed by atoms with Crippen LogP contribution in [0.5, 0.6) is 5.75 Å². The number of rotatable bonds is 8. The van der Waals surface area contributed by atoms with E-state index in [1.165, 1.54) is 18.2 Å². The summed E-state index contributed by atoms with van der Waals surface area (Å²) in [6.45, 7) is 3.40. The summed E-state index contributed by atoms with van der Waals surface area (Å²) in [6.07, 6.45) is 0. The highest BCUT2D eigenvalue weighted by molar-refractivity contribution is 6.33. The molecule has 3 aromatic rings. The highest BCUT2D eigenvalue weighted by Crippen LogP contribution is 2.38. The third kappa shape index (κ3) is 5.95. The number of aliphatic hydroxyl groups is 2. The Morgan fingerprint density at radius 2 is 1.75 bits per heavy atom. The third-order valence-corrected chi connectivity index (χ3v) is 6.68. The number of anilines is 1. The molecular formula is C27H28ClF3N2O3. The normalized spacial score (nSPS) is 18.2. The van der Waals surface area contributed by atoms with Crippen molar-refractivity contribution < 1.29 is 28.1 Å². The van der Waals surface area contributed by atoms with Gasteiger partial charge < -0.3 is 19.8 Å². The van der Waals surface area contributed by atoms with Gasteiger partial charge >= 0.3 is 0 Å². The number of hydrogen-bond donors (Lipinski definition) is 2. The third-order valence-electron chi connectivity index (χ3n) is 6.38. The number of ether oxygens (including phenoxy) is 1. The number of halogens is 4. The van der Waals surface area contributed by atoms with Crippen LogP contribution in [0, 0.1) is 17.5 Å². The van der Waals surface area contributed by atoms with Gasteiger partial charge in [0.2, 0.25) is 0 Å². The van der Waals surface area contributed by atoms with Crippen LogP contribution in [0.3, 0.4) is 0 Å². The van der Waals surface area contributed by atoms with Gasteiger partial charge in [-0.3, -0.25) is 4.90 Å². The fourth-order valence-corrected chi connectivity index (χ4v) is 4.85. The first-order chi connectivity index (χ1) is 17.2. The molecule has 2 atom stereocenters. The van der Waals surface area contributed by atoms with Crippen LogP contribution in [0.15, 0.2) is 60.7 Å². The fourth-order valence-electron chi connectivity index (χ4n) is 4.57. The molecule has 192 valence electrons. The van der Waals surface area contributed by atoms with Gasteiger partial charge in [0.1, 0.15) is 18.2 Å². The molecule has 0 bridgehead atoms. The molecule has 0 spiro atoms. The van der Waals surface area contributed by atoms with E-state index in [9.17, 15) is 18.3 Å². The predicted molar refractivity (Wildman–Crippen MR) is 133 cm³/mol. The topological polar surface area (TPSA) is 56.2 Å². The molecule has 2 N–H and O–H groups in total. The minimum Gasteiger partial charge on any atom is -0.491 e. The Morgan fingerprint density at radius 1 is 1.00 bits per heavy atom. The first kappa shape index (κ1) is 26.3. The van der Waals surface area contributed by atoms with Gasteiger partial charge in [-0.1, -0.05) is 29.8 Å². The van der Waals surface area contributed by atoms with Crippen molar-refractivity contribution in [2.24, 2.45) is 0 Å². The van der Waals surface area contributed by atoms with E-state index >= 15 is 0 Å². The fraction of sp³-hybridized carbons (Fsp3) is 0.333. The molecule has 1 heterocycles. The SMILES string of the molecule is C[C@@](O)(CN1CCN(c2ccc(OCCO)cc2Cl)[C@H](c2ccc(F)cc2)C1)c1ccc(F)c(F)c1. The van der Waals surface area contributed by atoms with Crippen molar-refractivity contribution >= 4 is 17.3 Å². The average Bonchev–Trinajstić information content (AvgIpc) is 2.85. The van der Waals surface area contributed by atoms with Gasteiger partial charge in [-0.05, 0) is 54.4 Å². The maximum Gasteiger partial charge on any atom is 0.159 e. The zero-order chi connectivity index (χ0) is 25.9. The summed E-state index contributed by atoms with van der Waals surface area (Å²) < 4.78 is 46.3. The minimum absolute atomic E-state index is 0.109. The average molecular weight is 521 g/mol. The lowest BCUT2D eigenvalue weighted by Gasteiger charge is -2.45. The highest BCUT2D eigenvalue weighted by Gasteiger charge is 2.34. The monoisotopic (exact) mass is 520 g/mol. The maximum atomic E-state index is 13.8. The van der Waals surface area contributed by atoms with Gasteiger partial charge in [0.05, 0.1) is 29.0 Å². The molecule has 0 amide bonds. The van der Waals surface area contributed by atoms with E-state index in [-0.39, 0.29) is 37.2 Å². The number of benzene rings is 3. The van der Waals surface area contributed by atoms with Gasteiger partial charge in [0, 0.05) is 32.2 Å². The molecule has 0 radical (unpaired) electrons. The second-order valence-corrected chi connectivity index (χ2v) is 9.49. The summed E-state index contributed by atoms with van der Waals surface area (Å²) >= 11 is 6.61. The van der Waals surface area contributed by atoms with E-state index < -0.39 is 17.2 Å². The van der Waals surface area contributed by atoms with Crippen molar-refractivity contribution in [2.45, 2.75) is 18.6 Å². The standard InChI is InChI=1S/C27H28ClF3N2O3/c1-27(35,19-4-8-23(30)24(31)14-19)17-32-10-11-33(26(16-32)18-2-5-20(29)6-3-18)25-9-7-21(15-22(25)28)36-13-12-34/h2-9,14-15,26,34-35H,10-13,16-17H2,1H3/t26-,27+/m0/s1. The van der Waals surface area contributed by atoms with Crippen LogP contribution >= 0.6 is 11.6 Å². The summed E-state index contributed by atoms with van der Waals surface area (Å²) in [6, 6.07) is 14.7. The van der Waals surface area contributed by atoms with Crippen molar-refractivity contribution in [1.82, 2.24) is 4.90 Å². The molecule has 0 aliphatic carbocycles. The van der Waals surface area contributed by atoms with E-state index in [0.29, 0.717) is 30.4 Å². The number of aliphatic hydroxyl groups excluding tert-OH is 1. The van der Waals surface area contributed by atoms with Gasteiger partial charge in [0.15, 0.2) is 11.6 Å². The second kappa shape index (κ2) is 11.1. The zero-order valence-corrected chi connectivity index (χ0v) is 20.6. The van der Waals surface area contributed by atoms with E-state index in [1.54, 1.807) is 31.2 Å². The van der Waals surface area contributed by atoms with Crippen LogP contribution < -0.4 is 9.64 Å². The van der Waals surface area contributed by atoms with Crippen molar-refractivity contribution in [1.29, 1.82) is 0 Å². The Hall–Kier alpha value is -2.78. The van der Waals surface area contributed by atoms with E-state index in [0.717, 1.165) is 23.4 Å². The molecule has 0 saturated carbocycles. The quantitative estimate of drug-likeness (QED) is 0.442. The van der Waals surface area contributed by atoms with Crippen LogP contribution in [-0.2, 0) is 5.60 Å². The number of piperazine rings is 1. The number of hydrogen-bond acceptors (Lipinski definition) is 5. The van der Waals surface area contributed by atoms with Crippen LogP contribution in [0.4, 0.5) is 18.9 Å². The number of β-amino-alcohol motifs (C(OH)–C–C–N with tert-alkyl or cyclic N) is 1. The first-order valence-electron chi connectivity index (χ1n) is 11.6. The first-order valence-corrected chi connectivity index (χ1v) is 12.0. The minimum atomic E-state index is -1.42. The molecule has 1 fully saturated rings. The Kier molecular flexibility index (Phi) is 8.10. The summed E-state index contributed by atoms with van der Waals surface area (Å²) in [7, 11) is 0. The predicted octanol–water partition coefficient (Wildman–Crippen LogP) is 4.90. The van der Waals surface area contributed by atoms with Crippen molar-refractivity contribution in [3.05, 3.63) is 94.3 Å². The van der Waals surface area contributed by atoms with Crippen LogP contribution in [0.1, 0.15) is 24.1 Å². The largest absolute Gasteiger partial charge is 0.491 e. The Morgan fingerprint density at radius 3 is 2.42 bits per heavy atom. The zero-order valence-electron chi connectivity index (χ0n) is 19.8. The van der Waals surface area contributed by atoms with Crippen LogP contribution in [0.25, 0.3) is 0 Å². The lowest BCUT2D eigenvalue weighted by Crippen LogP contribution is -2.52. The smallest absolute Gasteiger partial charge is 0.159 e. The molecule has 5 nitrogen and oxygen atoms in total. The molecular weight excluding hydrogens is 493 g/mol. The van der Waals surface area contributed by atoms with Gasteiger partial charge in [0.25, 0.3) is 0 Å². The van der Waals surface area contributed by atoms with Crippen molar-refractivity contribution in [3.8, 4) is 5.75 Å². The molecule has 4 rings (SSSR count). The summed E-state index contributed by atoms with van der Waals surface area (Å²) in [5.74, 6) is -1.79. The number of nitrogens with zero attached hydrogens (tertiary/aromatic N) is 2. The lowest BCUT2D eigenvalue weighted by molar-refractivity contribution is 0.00997. The van der Waals surface area contributed by atoms with Crippen molar-refractivity contribution in [2.75, 3.05) is 44.3 Å². The van der Waals surface area contributed by atoms with E-state index in [4.69, 9.17) is 21.4 Å². The Bertz CT molecular complexity index is 1190. The molecule has 0 unspecified atom stereocenters. The molecule has 1 aliphatic rings. The molecule has 3 aromatic carbocycles. The van der Waals surface area contributed by atoms with Gasteiger partial charge in [-0.2, -0.15) is 0 Å². The molecule has 36 heavy (non-hydrogen) atoms. The van der Waals surface area contributed by atoms with Crippen LogP contribution in [0.2, 0.25) is 5.02 Å². The second-order valence-electron chi connectivity index (χ2n) is 9.08. The highest BCUT2D eigenvalue weighted by atomic mass is 35.5. The molecule has 0 aromatic heterocycles. The van der Waals surface area contributed by atoms with Crippen LogP contribution in [-0.4, -0.2) is 54.5 Å². The van der Waals surface area contributed by atoms with E-state index in [1.807, 2.05) is 11.0 Å². The van der Waals surface area contributed by atoms with Crippen molar-refractivity contribution in [3.63, 3.8) is 0 Å². The lowest BCUT2D eigenvalue weighted by atomic mass is 9.93.